The highest BCUT2D eigenvalue weighted by molar-refractivity contribution is 5.93. The molecule has 0 saturated heterocycles. The lowest BCUT2D eigenvalue weighted by Crippen LogP contribution is -2.15. The number of fused-ring (bicyclic) bond motifs is 1. The van der Waals surface area contributed by atoms with Crippen LogP contribution < -0.4 is 5.32 Å². The molecule has 0 spiro atoms. The van der Waals surface area contributed by atoms with Gasteiger partial charge in [-0.1, -0.05) is 6.07 Å². The molecule has 4 rings (SSSR count). The van der Waals surface area contributed by atoms with Crippen molar-refractivity contribution in [3.63, 3.8) is 0 Å². The molecule has 0 atom stereocenters. The van der Waals surface area contributed by atoms with Gasteiger partial charge in [0.2, 0.25) is 5.91 Å². The molecule has 128 valence electrons. The van der Waals surface area contributed by atoms with Crippen LogP contribution in [-0.4, -0.2) is 30.6 Å². The Balaban J connectivity index is 1.57. The Labute approximate surface area is 149 Å². The molecule has 1 amide bonds. The van der Waals surface area contributed by atoms with E-state index in [2.05, 4.69) is 25.4 Å². The molecular weight excluding hydrogens is 328 g/mol. The van der Waals surface area contributed by atoms with Crippen LogP contribution in [0.15, 0.2) is 61.3 Å². The number of rotatable bonds is 4. The summed E-state index contributed by atoms with van der Waals surface area (Å²) in [6.07, 6.45) is 8.98. The summed E-state index contributed by atoms with van der Waals surface area (Å²) in [5.41, 5.74) is 3.37. The van der Waals surface area contributed by atoms with Gasteiger partial charge in [0, 0.05) is 48.9 Å². The van der Waals surface area contributed by atoms with E-state index >= 15 is 0 Å². The predicted octanol–water partition coefficient (Wildman–Crippen LogP) is 2.61. The molecule has 0 aliphatic carbocycles. The highest BCUT2D eigenvalue weighted by atomic mass is 16.1. The first kappa shape index (κ1) is 15.9. The van der Waals surface area contributed by atoms with Crippen LogP contribution in [0.25, 0.3) is 22.2 Å². The van der Waals surface area contributed by atoms with Crippen molar-refractivity contribution in [3.05, 3.63) is 66.9 Å². The van der Waals surface area contributed by atoms with E-state index in [1.165, 1.54) is 0 Å². The SMILES string of the molecule is Cn1cc(-c2ccc3cnc(NC(=O)Cc4cccnc4)cc3n2)cn1. The first-order valence-corrected chi connectivity index (χ1v) is 8.12. The van der Waals surface area contributed by atoms with Crippen molar-refractivity contribution in [3.8, 4) is 11.3 Å². The van der Waals surface area contributed by atoms with E-state index in [9.17, 15) is 4.79 Å². The van der Waals surface area contributed by atoms with E-state index in [0.717, 1.165) is 27.7 Å². The van der Waals surface area contributed by atoms with Crippen molar-refractivity contribution in [2.24, 2.45) is 7.05 Å². The van der Waals surface area contributed by atoms with Crippen LogP contribution in [0.5, 0.6) is 0 Å². The molecule has 0 aromatic carbocycles. The largest absolute Gasteiger partial charge is 0.310 e. The Kier molecular flexibility index (Phi) is 4.10. The second kappa shape index (κ2) is 6.72. The maximum Gasteiger partial charge on any atom is 0.230 e. The molecule has 1 N–H and O–H groups in total. The molecule has 0 fully saturated rings. The molecule has 0 radical (unpaired) electrons. The summed E-state index contributed by atoms with van der Waals surface area (Å²) in [4.78, 5) is 25.2. The first-order chi connectivity index (χ1) is 12.7. The Morgan fingerprint density at radius 3 is 2.88 bits per heavy atom. The Hall–Kier alpha value is -3.61. The van der Waals surface area contributed by atoms with Crippen molar-refractivity contribution in [2.75, 3.05) is 5.32 Å². The zero-order chi connectivity index (χ0) is 17.9. The van der Waals surface area contributed by atoms with Crippen molar-refractivity contribution in [1.29, 1.82) is 0 Å². The number of carbonyl (C=O) groups excluding carboxylic acids is 1. The number of hydrogen-bond donors (Lipinski definition) is 1. The predicted molar refractivity (Wildman–Crippen MR) is 98.3 cm³/mol. The van der Waals surface area contributed by atoms with Gasteiger partial charge >= 0.3 is 0 Å². The van der Waals surface area contributed by atoms with E-state index in [1.807, 2.05) is 31.4 Å². The van der Waals surface area contributed by atoms with Crippen molar-refractivity contribution in [2.45, 2.75) is 6.42 Å². The molecule has 26 heavy (non-hydrogen) atoms. The lowest BCUT2D eigenvalue weighted by atomic mass is 10.2. The third-order valence-electron chi connectivity index (χ3n) is 3.93. The van der Waals surface area contributed by atoms with Crippen LogP contribution >= 0.6 is 0 Å². The summed E-state index contributed by atoms with van der Waals surface area (Å²) in [6, 6.07) is 9.33. The highest BCUT2D eigenvalue weighted by Crippen LogP contribution is 2.21. The molecular formula is C19H16N6O. The molecule has 0 unspecified atom stereocenters. The Bertz CT molecular complexity index is 1070. The molecule has 7 nitrogen and oxygen atoms in total. The third-order valence-corrected chi connectivity index (χ3v) is 3.93. The number of amides is 1. The fourth-order valence-electron chi connectivity index (χ4n) is 2.67. The van der Waals surface area contributed by atoms with Gasteiger partial charge < -0.3 is 5.32 Å². The zero-order valence-electron chi connectivity index (χ0n) is 14.1. The minimum absolute atomic E-state index is 0.145. The maximum absolute atomic E-state index is 12.2. The minimum Gasteiger partial charge on any atom is -0.310 e. The average molecular weight is 344 g/mol. The summed E-state index contributed by atoms with van der Waals surface area (Å²) in [5.74, 6) is 0.329. The minimum atomic E-state index is -0.145. The quantitative estimate of drug-likeness (QED) is 0.615. The average Bonchev–Trinajstić information content (AvgIpc) is 3.08. The van der Waals surface area contributed by atoms with Gasteiger partial charge in [-0.15, -0.1) is 0 Å². The number of pyridine rings is 3. The van der Waals surface area contributed by atoms with E-state index in [0.29, 0.717) is 5.82 Å². The number of carbonyl (C=O) groups is 1. The maximum atomic E-state index is 12.2. The van der Waals surface area contributed by atoms with Gasteiger partial charge in [0.25, 0.3) is 0 Å². The number of nitrogens with one attached hydrogen (secondary N) is 1. The second-order valence-electron chi connectivity index (χ2n) is 5.95. The third kappa shape index (κ3) is 3.41. The first-order valence-electron chi connectivity index (χ1n) is 8.12. The number of aryl methyl sites for hydroxylation is 1. The molecule has 0 aliphatic rings. The summed E-state index contributed by atoms with van der Waals surface area (Å²) in [6.45, 7) is 0. The summed E-state index contributed by atoms with van der Waals surface area (Å²) < 4.78 is 1.73. The lowest BCUT2D eigenvalue weighted by Gasteiger charge is -2.06. The van der Waals surface area contributed by atoms with Crippen LogP contribution in [-0.2, 0) is 18.3 Å². The normalized spacial score (nSPS) is 10.8. The topological polar surface area (TPSA) is 85.6 Å². The molecule has 0 aliphatic heterocycles. The van der Waals surface area contributed by atoms with Crippen molar-refractivity contribution >= 4 is 22.6 Å². The highest BCUT2D eigenvalue weighted by Gasteiger charge is 2.08. The van der Waals surface area contributed by atoms with Gasteiger partial charge in [-0.2, -0.15) is 5.10 Å². The monoisotopic (exact) mass is 344 g/mol. The van der Waals surface area contributed by atoms with Gasteiger partial charge in [0.05, 0.1) is 23.8 Å². The van der Waals surface area contributed by atoms with Crippen LogP contribution in [0.1, 0.15) is 5.56 Å². The van der Waals surface area contributed by atoms with Gasteiger partial charge in [-0.3, -0.25) is 14.5 Å². The number of anilines is 1. The number of hydrogen-bond acceptors (Lipinski definition) is 5. The summed E-state index contributed by atoms with van der Waals surface area (Å²) >= 11 is 0. The number of aromatic nitrogens is 5. The molecule has 4 aromatic heterocycles. The summed E-state index contributed by atoms with van der Waals surface area (Å²) in [5, 5.41) is 7.89. The Morgan fingerprint density at radius 2 is 2.12 bits per heavy atom. The van der Waals surface area contributed by atoms with Gasteiger partial charge in [0.15, 0.2) is 0 Å². The molecule has 0 bridgehead atoms. The van der Waals surface area contributed by atoms with Gasteiger partial charge in [-0.25, -0.2) is 9.97 Å². The Morgan fingerprint density at radius 1 is 1.19 bits per heavy atom. The van der Waals surface area contributed by atoms with E-state index in [1.54, 1.807) is 41.6 Å². The molecule has 4 heterocycles. The van der Waals surface area contributed by atoms with Crippen LogP contribution in [0.2, 0.25) is 0 Å². The van der Waals surface area contributed by atoms with E-state index in [4.69, 9.17) is 0 Å². The van der Waals surface area contributed by atoms with Crippen LogP contribution in [0, 0.1) is 0 Å². The molecule has 4 aromatic rings. The van der Waals surface area contributed by atoms with Gasteiger partial charge in [-0.05, 0) is 23.8 Å². The summed E-state index contributed by atoms with van der Waals surface area (Å²) in [7, 11) is 1.87. The van der Waals surface area contributed by atoms with Gasteiger partial charge in [0.1, 0.15) is 5.82 Å². The van der Waals surface area contributed by atoms with E-state index in [-0.39, 0.29) is 12.3 Å². The van der Waals surface area contributed by atoms with Crippen LogP contribution in [0.4, 0.5) is 5.82 Å². The fourth-order valence-corrected chi connectivity index (χ4v) is 2.67. The van der Waals surface area contributed by atoms with Crippen molar-refractivity contribution in [1.82, 2.24) is 24.7 Å². The molecule has 0 saturated carbocycles. The fraction of sp³-hybridized carbons (Fsp3) is 0.105. The molecule has 7 heteroatoms. The second-order valence-corrected chi connectivity index (χ2v) is 5.95. The van der Waals surface area contributed by atoms with E-state index < -0.39 is 0 Å². The lowest BCUT2D eigenvalue weighted by molar-refractivity contribution is -0.115. The zero-order valence-corrected chi connectivity index (χ0v) is 14.1. The van der Waals surface area contributed by atoms with Crippen LogP contribution in [0.3, 0.4) is 0 Å². The smallest absolute Gasteiger partial charge is 0.230 e. The standard InChI is InChI=1S/C19H16N6O/c1-25-12-15(11-22-25)16-5-4-14-10-21-18(8-17(14)23-16)24-19(26)7-13-3-2-6-20-9-13/h2-6,8-12H,7H2,1H3,(H,21,24,26). The number of nitrogens with zero attached hydrogens (tertiary/aromatic N) is 5. The van der Waals surface area contributed by atoms with Crippen molar-refractivity contribution < 1.29 is 4.79 Å².